The first-order chi connectivity index (χ1) is 18.4. The van der Waals surface area contributed by atoms with E-state index < -0.39 is 12.3 Å². The van der Waals surface area contributed by atoms with Crippen LogP contribution in [0.2, 0.25) is 0 Å². The molecule has 2 fully saturated rings. The summed E-state index contributed by atoms with van der Waals surface area (Å²) in [6.45, 7) is 8.78. The van der Waals surface area contributed by atoms with Crippen molar-refractivity contribution in [3.8, 4) is 0 Å². The van der Waals surface area contributed by atoms with Gasteiger partial charge in [-0.2, -0.15) is 0 Å². The molecule has 2 aliphatic rings. The molecule has 1 aromatic carbocycles. The van der Waals surface area contributed by atoms with E-state index in [2.05, 4.69) is 22.9 Å². The van der Waals surface area contributed by atoms with Crippen LogP contribution in [-0.4, -0.2) is 70.6 Å². The number of ether oxygens (including phenoxy) is 1. The molecule has 2 saturated heterocycles. The second kappa shape index (κ2) is 11.7. The lowest BCUT2D eigenvalue weighted by atomic mass is 10.1. The van der Waals surface area contributed by atoms with E-state index in [0.29, 0.717) is 25.5 Å². The van der Waals surface area contributed by atoms with Gasteiger partial charge in [-0.3, -0.25) is 19.8 Å². The van der Waals surface area contributed by atoms with Crippen molar-refractivity contribution in [2.75, 3.05) is 44.7 Å². The third kappa shape index (κ3) is 5.79. The van der Waals surface area contributed by atoms with Gasteiger partial charge >= 0.3 is 0 Å². The lowest BCUT2D eigenvalue weighted by molar-refractivity contribution is -0.125. The number of alkyl halides is 2. The Morgan fingerprint density at radius 2 is 1.97 bits per heavy atom. The van der Waals surface area contributed by atoms with Crippen LogP contribution in [0.5, 0.6) is 0 Å². The number of nitrogens with zero attached hydrogens (tertiary/aromatic N) is 4. The number of nitrogens with one attached hydrogen (secondary N) is 1. The fourth-order valence-electron chi connectivity index (χ4n) is 5.16. The normalized spacial score (nSPS) is 19.0. The van der Waals surface area contributed by atoms with Gasteiger partial charge in [0.1, 0.15) is 0 Å². The summed E-state index contributed by atoms with van der Waals surface area (Å²) in [5, 5.41) is 2.89. The standard InChI is InChI=1S/C27H31F2N5O3S/c1-2-24(35)33-10-3-4-19(9-11-33)34-21-6-5-18(17-32-12-14-37-15-13-32)16-20(21)30-27(34)31-26(36)23-8-7-22(38-23)25(28)29/h2,5-8,16,19,25H,1,3-4,9-15,17H2,(H,30,31,36)/t19-/m1/s1. The molecule has 0 saturated carbocycles. The number of rotatable bonds is 7. The number of amides is 2. The van der Waals surface area contributed by atoms with Gasteiger partial charge in [0.15, 0.2) is 0 Å². The molecule has 1 N–H and O–H groups in total. The van der Waals surface area contributed by atoms with Crippen LogP contribution >= 0.6 is 11.3 Å². The van der Waals surface area contributed by atoms with E-state index in [1.165, 1.54) is 18.2 Å². The average Bonchev–Trinajstić information content (AvgIpc) is 3.47. The predicted molar refractivity (Wildman–Crippen MR) is 143 cm³/mol. The van der Waals surface area contributed by atoms with Crippen LogP contribution < -0.4 is 5.32 Å². The smallest absolute Gasteiger partial charge is 0.272 e. The molecule has 0 bridgehead atoms. The van der Waals surface area contributed by atoms with Crippen molar-refractivity contribution in [2.24, 2.45) is 0 Å². The summed E-state index contributed by atoms with van der Waals surface area (Å²) in [6.07, 6.45) is 1.01. The van der Waals surface area contributed by atoms with Crippen LogP contribution in [0.3, 0.4) is 0 Å². The largest absolute Gasteiger partial charge is 0.379 e. The first kappa shape index (κ1) is 26.5. The Morgan fingerprint density at radius 1 is 1.16 bits per heavy atom. The summed E-state index contributed by atoms with van der Waals surface area (Å²) in [5.41, 5.74) is 2.76. The molecule has 5 rings (SSSR count). The SMILES string of the molecule is C=CC(=O)N1CCC[C@@H](n2c(NC(=O)c3ccc(C(F)F)s3)nc3cc(CN4CCOCC4)ccc32)CC1. The van der Waals surface area contributed by atoms with Gasteiger partial charge in [-0.05, 0) is 55.2 Å². The minimum atomic E-state index is -2.62. The van der Waals surface area contributed by atoms with Gasteiger partial charge in [-0.25, -0.2) is 13.8 Å². The number of carbonyl (C=O) groups excluding carboxylic acids is 2. The van der Waals surface area contributed by atoms with Gasteiger partial charge in [0.05, 0.1) is 34.0 Å². The number of aromatic nitrogens is 2. The quantitative estimate of drug-likeness (QED) is 0.431. The first-order valence-corrected chi connectivity index (χ1v) is 13.7. The molecule has 3 aromatic rings. The molecule has 2 aliphatic heterocycles. The first-order valence-electron chi connectivity index (χ1n) is 12.8. The van der Waals surface area contributed by atoms with Crippen LogP contribution in [0.4, 0.5) is 14.7 Å². The molecule has 38 heavy (non-hydrogen) atoms. The van der Waals surface area contributed by atoms with Crippen LogP contribution in [0.15, 0.2) is 43.0 Å². The summed E-state index contributed by atoms with van der Waals surface area (Å²) in [5.74, 6) is -0.173. The molecule has 0 unspecified atom stereocenters. The topological polar surface area (TPSA) is 79.7 Å². The van der Waals surface area contributed by atoms with E-state index in [1.54, 1.807) is 4.90 Å². The number of benzene rings is 1. The minimum Gasteiger partial charge on any atom is -0.379 e. The minimum absolute atomic E-state index is 0.00275. The summed E-state index contributed by atoms with van der Waals surface area (Å²) < 4.78 is 33.7. The van der Waals surface area contributed by atoms with Crippen LogP contribution in [0.25, 0.3) is 11.0 Å². The van der Waals surface area contributed by atoms with Gasteiger partial charge < -0.3 is 14.2 Å². The Labute approximate surface area is 223 Å². The second-order valence-corrected chi connectivity index (χ2v) is 10.7. The third-order valence-electron chi connectivity index (χ3n) is 7.10. The van der Waals surface area contributed by atoms with Crippen molar-refractivity contribution in [3.05, 3.63) is 58.3 Å². The molecule has 0 radical (unpaired) electrons. The number of anilines is 1. The van der Waals surface area contributed by atoms with Gasteiger partial charge in [0.25, 0.3) is 12.3 Å². The number of fused-ring (bicyclic) bond motifs is 1. The highest BCUT2D eigenvalue weighted by Crippen LogP contribution is 2.33. The molecule has 2 aromatic heterocycles. The van der Waals surface area contributed by atoms with Crippen LogP contribution in [0.1, 0.15) is 51.8 Å². The molecule has 1 atom stereocenters. The Morgan fingerprint density at radius 3 is 2.71 bits per heavy atom. The fourth-order valence-corrected chi connectivity index (χ4v) is 5.92. The van der Waals surface area contributed by atoms with Gasteiger partial charge in [-0.15, -0.1) is 11.3 Å². The monoisotopic (exact) mass is 543 g/mol. The number of imidazole rings is 1. The Balaban J connectivity index is 1.45. The third-order valence-corrected chi connectivity index (χ3v) is 8.20. The Kier molecular flexibility index (Phi) is 8.15. The zero-order valence-electron chi connectivity index (χ0n) is 21.1. The van der Waals surface area contributed by atoms with Crippen LogP contribution in [0, 0.1) is 0 Å². The maximum atomic E-state index is 13.1. The number of thiophene rings is 1. The number of likely N-dealkylation sites (tertiary alicyclic amines) is 1. The lowest BCUT2D eigenvalue weighted by Gasteiger charge is -2.26. The molecule has 0 aliphatic carbocycles. The summed E-state index contributed by atoms with van der Waals surface area (Å²) in [7, 11) is 0. The predicted octanol–water partition coefficient (Wildman–Crippen LogP) is 4.86. The number of hydrogen-bond donors (Lipinski definition) is 1. The lowest BCUT2D eigenvalue weighted by Crippen LogP contribution is -2.35. The van der Waals surface area contributed by atoms with Crippen molar-refractivity contribution in [2.45, 2.75) is 38.3 Å². The van der Waals surface area contributed by atoms with Crippen molar-refractivity contribution in [1.82, 2.24) is 19.4 Å². The maximum absolute atomic E-state index is 13.1. The molecule has 2 amide bonds. The molecular formula is C27H31F2N5O3S. The fraction of sp³-hybridized carbons (Fsp3) is 0.444. The molecule has 4 heterocycles. The summed E-state index contributed by atoms with van der Waals surface area (Å²) in [6, 6.07) is 8.86. The number of hydrogen-bond acceptors (Lipinski definition) is 6. The van der Waals surface area contributed by atoms with Crippen molar-refractivity contribution < 1.29 is 23.1 Å². The van der Waals surface area contributed by atoms with Crippen molar-refractivity contribution in [3.63, 3.8) is 0 Å². The summed E-state index contributed by atoms with van der Waals surface area (Å²) in [4.78, 5) is 34.3. The molecule has 8 nitrogen and oxygen atoms in total. The van der Waals surface area contributed by atoms with E-state index in [4.69, 9.17) is 9.72 Å². The van der Waals surface area contributed by atoms with Crippen molar-refractivity contribution in [1.29, 1.82) is 0 Å². The second-order valence-electron chi connectivity index (χ2n) is 9.59. The van der Waals surface area contributed by atoms with E-state index in [-0.39, 0.29) is 21.7 Å². The van der Waals surface area contributed by atoms with E-state index in [1.807, 2.05) is 16.7 Å². The molecule has 0 spiro atoms. The number of carbonyl (C=O) groups is 2. The zero-order valence-corrected chi connectivity index (χ0v) is 21.9. The highest BCUT2D eigenvalue weighted by atomic mass is 32.1. The molecular weight excluding hydrogens is 512 g/mol. The van der Waals surface area contributed by atoms with Gasteiger partial charge in [-0.1, -0.05) is 12.6 Å². The van der Waals surface area contributed by atoms with Crippen molar-refractivity contribution >= 4 is 40.1 Å². The zero-order chi connectivity index (χ0) is 26.6. The highest BCUT2D eigenvalue weighted by molar-refractivity contribution is 7.14. The van der Waals surface area contributed by atoms with Crippen LogP contribution in [-0.2, 0) is 16.1 Å². The Hall–Kier alpha value is -3.15. The average molecular weight is 544 g/mol. The Bertz CT molecular complexity index is 1320. The number of halogens is 2. The summed E-state index contributed by atoms with van der Waals surface area (Å²) >= 11 is 0.779. The van der Waals surface area contributed by atoms with Gasteiger partial charge in [0.2, 0.25) is 11.9 Å². The van der Waals surface area contributed by atoms with E-state index >= 15 is 0 Å². The highest BCUT2D eigenvalue weighted by Gasteiger charge is 2.26. The molecule has 11 heteroatoms. The van der Waals surface area contributed by atoms with E-state index in [9.17, 15) is 18.4 Å². The van der Waals surface area contributed by atoms with E-state index in [0.717, 1.165) is 73.6 Å². The number of morpholine rings is 1. The molecule has 202 valence electrons. The maximum Gasteiger partial charge on any atom is 0.272 e. The van der Waals surface area contributed by atoms with Gasteiger partial charge in [0, 0.05) is 38.8 Å².